The Morgan fingerprint density at radius 1 is 1.33 bits per heavy atom. The fraction of sp³-hybridized carbons (Fsp3) is 0.471. The van der Waals surface area contributed by atoms with Gasteiger partial charge in [0, 0.05) is 13.1 Å². The molecular formula is C17H26N2O2. The minimum Gasteiger partial charge on any atom is -0.444 e. The fourth-order valence-electron chi connectivity index (χ4n) is 1.80. The van der Waals surface area contributed by atoms with Crippen molar-refractivity contribution in [2.75, 3.05) is 13.6 Å². The molecule has 0 saturated carbocycles. The number of amides is 1. The molecule has 0 saturated heterocycles. The van der Waals surface area contributed by atoms with Crippen LogP contribution < -0.4 is 10.6 Å². The van der Waals surface area contributed by atoms with Gasteiger partial charge in [0.2, 0.25) is 0 Å². The summed E-state index contributed by atoms with van der Waals surface area (Å²) in [6.07, 6.45) is 4.52. The van der Waals surface area contributed by atoms with Crippen molar-refractivity contribution >= 4 is 12.2 Å². The Labute approximate surface area is 127 Å². The molecule has 0 atom stereocenters. The molecule has 0 radical (unpaired) electrons. The van der Waals surface area contributed by atoms with Crippen LogP contribution in [-0.4, -0.2) is 25.3 Å². The summed E-state index contributed by atoms with van der Waals surface area (Å²) in [5, 5.41) is 5.87. The molecule has 0 bridgehead atoms. The summed E-state index contributed by atoms with van der Waals surface area (Å²) in [5.74, 6) is 0. The Morgan fingerprint density at radius 3 is 2.76 bits per heavy atom. The van der Waals surface area contributed by atoms with Crippen LogP contribution in [0, 0.1) is 0 Å². The lowest BCUT2D eigenvalue weighted by atomic mass is 10.1. The average Bonchev–Trinajstić information content (AvgIpc) is 2.37. The number of hydrogen-bond donors (Lipinski definition) is 2. The van der Waals surface area contributed by atoms with Gasteiger partial charge in [-0.2, -0.15) is 0 Å². The Balaban J connectivity index is 2.32. The predicted molar refractivity (Wildman–Crippen MR) is 87.1 cm³/mol. The highest BCUT2D eigenvalue weighted by Crippen LogP contribution is 2.08. The van der Waals surface area contributed by atoms with Crippen LogP contribution in [0.15, 0.2) is 30.3 Å². The van der Waals surface area contributed by atoms with E-state index >= 15 is 0 Å². The van der Waals surface area contributed by atoms with Crippen molar-refractivity contribution in [3.05, 3.63) is 41.5 Å². The van der Waals surface area contributed by atoms with Crippen LogP contribution in [0.4, 0.5) is 4.79 Å². The van der Waals surface area contributed by atoms with Crippen LogP contribution in [0.2, 0.25) is 0 Å². The zero-order valence-corrected chi connectivity index (χ0v) is 13.4. The highest BCUT2D eigenvalue weighted by molar-refractivity contribution is 5.67. The standard InChI is InChI=1S/C17H26N2O2/c1-17(2,3)21-16(20)19-11-6-5-8-14-9-7-10-15(12-14)13-18-4/h5,7-10,12,18H,6,11,13H2,1-4H3,(H,19,20). The molecule has 0 aromatic heterocycles. The van der Waals surface area contributed by atoms with Crippen molar-refractivity contribution in [1.82, 2.24) is 10.6 Å². The zero-order valence-electron chi connectivity index (χ0n) is 13.4. The van der Waals surface area contributed by atoms with E-state index in [-0.39, 0.29) is 6.09 Å². The number of carbonyl (C=O) groups is 1. The van der Waals surface area contributed by atoms with Gasteiger partial charge in [-0.3, -0.25) is 0 Å². The second kappa shape index (κ2) is 8.47. The number of alkyl carbamates (subject to hydrolysis) is 1. The smallest absolute Gasteiger partial charge is 0.407 e. The molecule has 116 valence electrons. The first-order valence-electron chi connectivity index (χ1n) is 7.27. The van der Waals surface area contributed by atoms with Gasteiger partial charge in [-0.1, -0.05) is 36.4 Å². The Morgan fingerprint density at radius 2 is 2.10 bits per heavy atom. The largest absolute Gasteiger partial charge is 0.444 e. The zero-order chi connectivity index (χ0) is 15.7. The van der Waals surface area contributed by atoms with Crippen LogP contribution in [0.5, 0.6) is 0 Å². The third kappa shape index (κ3) is 8.15. The first-order chi connectivity index (χ1) is 9.90. The number of ether oxygens (including phenoxy) is 1. The molecule has 1 aromatic carbocycles. The molecule has 1 rings (SSSR count). The average molecular weight is 290 g/mol. The summed E-state index contributed by atoms with van der Waals surface area (Å²) in [7, 11) is 1.94. The summed E-state index contributed by atoms with van der Waals surface area (Å²) >= 11 is 0. The SMILES string of the molecule is CNCc1cccc(C=CCCNC(=O)OC(C)(C)C)c1. The van der Waals surface area contributed by atoms with E-state index in [9.17, 15) is 4.79 Å². The van der Waals surface area contributed by atoms with Crippen LogP contribution in [0.25, 0.3) is 6.08 Å². The normalized spacial score (nSPS) is 11.6. The molecule has 4 nitrogen and oxygen atoms in total. The molecule has 4 heteroatoms. The number of benzene rings is 1. The van der Waals surface area contributed by atoms with Gasteiger partial charge in [0.1, 0.15) is 5.60 Å². The maximum atomic E-state index is 11.4. The van der Waals surface area contributed by atoms with E-state index in [2.05, 4.69) is 41.0 Å². The van der Waals surface area contributed by atoms with Crippen molar-refractivity contribution in [3.63, 3.8) is 0 Å². The molecule has 0 aliphatic rings. The molecule has 0 aliphatic carbocycles. The lowest BCUT2D eigenvalue weighted by molar-refractivity contribution is 0.0529. The van der Waals surface area contributed by atoms with Gasteiger partial charge in [0.05, 0.1) is 0 Å². The molecule has 0 aliphatic heterocycles. The lowest BCUT2D eigenvalue weighted by Crippen LogP contribution is -2.32. The predicted octanol–water partition coefficient (Wildman–Crippen LogP) is 3.33. The van der Waals surface area contributed by atoms with E-state index in [1.807, 2.05) is 33.9 Å². The van der Waals surface area contributed by atoms with Gasteiger partial charge in [0.15, 0.2) is 0 Å². The highest BCUT2D eigenvalue weighted by atomic mass is 16.6. The third-order valence-corrected chi connectivity index (χ3v) is 2.62. The first-order valence-corrected chi connectivity index (χ1v) is 7.27. The maximum Gasteiger partial charge on any atom is 0.407 e. The van der Waals surface area contributed by atoms with Crippen LogP contribution >= 0.6 is 0 Å². The number of nitrogens with one attached hydrogen (secondary N) is 2. The molecule has 0 unspecified atom stereocenters. The van der Waals surface area contributed by atoms with Crippen molar-refractivity contribution in [3.8, 4) is 0 Å². The summed E-state index contributed by atoms with van der Waals surface area (Å²) < 4.78 is 5.16. The van der Waals surface area contributed by atoms with Gasteiger partial charge in [-0.15, -0.1) is 0 Å². The maximum absolute atomic E-state index is 11.4. The molecule has 0 fully saturated rings. The van der Waals surface area contributed by atoms with Gasteiger partial charge >= 0.3 is 6.09 Å². The van der Waals surface area contributed by atoms with E-state index in [4.69, 9.17) is 4.74 Å². The lowest BCUT2D eigenvalue weighted by Gasteiger charge is -2.19. The fourth-order valence-corrected chi connectivity index (χ4v) is 1.80. The summed E-state index contributed by atoms with van der Waals surface area (Å²) in [5.41, 5.74) is 1.97. The Kier molecular flexibility index (Phi) is 6.96. The quantitative estimate of drug-likeness (QED) is 0.790. The number of hydrogen-bond acceptors (Lipinski definition) is 3. The van der Waals surface area contributed by atoms with Crippen molar-refractivity contribution in [2.24, 2.45) is 0 Å². The third-order valence-electron chi connectivity index (χ3n) is 2.62. The van der Waals surface area contributed by atoms with E-state index in [0.717, 1.165) is 13.0 Å². The molecule has 1 aromatic rings. The Bertz CT molecular complexity index is 476. The van der Waals surface area contributed by atoms with Crippen molar-refractivity contribution < 1.29 is 9.53 Å². The topological polar surface area (TPSA) is 50.4 Å². The minimum atomic E-state index is -0.451. The van der Waals surface area contributed by atoms with E-state index in [1.165, 1.54) is 11.1 Å². The first kappa shape index (κ1) is 17.2. The van der Waals surface area contributed by atoms with E-state index < -0.39 is 5.60 Å². The minimum absolute atomic E-state index is 0.369. The van der Waals surface area contributed by atoms with Crippen LogP contribution in [-0.2, 0) is 11.3 Å². The number of rotatable bonds is 6. The van der Waals surface area contributed by atoms with Gasteiger partial charge in [-0.05, 0) is 45.4 Å². The number of carbonyl (C=O) groups excluding carboxylic acids is 1. The second-order valence-corrected chi connectivity index (χ2v) is 5.90. The van der Waals surface area contributed by atoms with Crippen molar-refractivity contribution in [2.45, 2.75) is 39.3 Å². The van der Waals surface area contributed by atoms with E-state index in [1.54, 1.807) is 0 Å². The monoisotopic (exact) mass is 290 g/mol. The summed E-state index contributed by atoms with van der Waals surface area (Å²) in [4.78, 5) is 11.4. The Hall–Kier alpha value is -1.81. The van der Waals surface area contributed by atoms with Crippen LogP contribution in [0.1, 0.15) is 38.3 Å². The molecular weight excluding hydrogens is 264 g/mol. The van der Waals surface area contributed by atoms with Gasteiger partial charge in [-0.25, -0.2) is 4.79 Å². The second-order valence-electron chi connectivity index (χ2n) is 5.90. The molecule has 21 heavy (non-hydrogen) atoms. The summed E-state index contributed by atoms with van der Waals surface area (Å²) in [6, 6.07) is 8.36. The van der Waals surface area contributed by atoms with Crippen molar-refractivity contribution in [1.29, 1.82) is 0 Å². The van der Waals surface area contributed by atoms with E-state index in [0.29, 0.717) is 6.54 Å². The molecule has 0 heterocycles. The molecule has 2 N–H and O–H groups in total. The molecule has 0 spiro atoms. The molecule has 1 amide bonds. The van der Waals surface area contributed by atoms with Crippen LogP contribution in [0.3, 0.4) is 0 Å². The van der Waals surface area contributed by atoms with Gasteiger partial charge < -0.3 is 15.4 Å². The van der Waals surface area contributed by atoms with Gasteiger partial charge in [0.25, 0.3) is 0 Å². The highest BCUT2D eigenvalue weighted by Gasteiger charge is 2.15. The summed E-state index contributed by atoms with van der Waals surface area (Å²) in [6.45, 7) is 6.99.